The van der Waals surface area contributed by atoms with Crippen molar-refractivity contribution in [2.45, 2.75) is 0 Å². The van der Waals surface area contributed by atoms with Crippen molar-refractivity contribution in [1.82, 2.24) is 15.0 Å². The summed E-state index contributed by atoms with van der Waals surface area (Å²) in [6.45, 7) is 0. The Kier molecular flexibility index (Phi) is 3.94. The largest absolute Gasteiger partial charge is 0.256 e. The maximum atomic E-state index is 8.84. The van der Waals surface area contributed by atoms with Gasteiger partial charge in [-0.05, 0) is 41.4 Å². The van der Waals surface area contributed by atoms with Crippen LogP contribution in [0.25, 0.3) is 66.2 Å². The lowest BCUT2D eigenvalue weighted by atomic mass is 9.93. The van der Waals surface area contributed by atoms with Crippen LogP contribution < -0.4 is 0 Å². The van der Waals surface area contributed by atoms with Crippen molar-refractivity contribution < 1.29 is 8.22 Å². The van der Waals surface area contributed by atoms with Crippen molar-refractivity contribution >= 4 is 48.6 Å². The smallest absolute Gasteiger partial charge is 0.0972 e. The van der Waals surface area contributed by atoms with Gasteiger partial charge in [0.05, 0.1) is 30.5 Å². The van der Waals surface area contributed by atoms with Crippen LogP contribution in [0.5, 0.6) is 0 Å². The van der Waals surface area contributed by atoms with E-state index in [2.05, 4.69) is 20.9 Å². The Morgan fingerprint density at radius 2 is 1.43 bits per heavy atom. The van der Waals surface area contributed by atoms with Gasteiger partial charge in [0.1, 0.15) is 0 Å². The van der Waals surface area contributed by atoms with Crippen LogP contribution in [0.15, 0.2) is 126 Å². The van der Waals surface area contributed by atoms with E-state index in [9.17, 15) is 0 Å². The summed E-state index contributed by atoms with van der Waals surface area (Å²) in [5.74, 6) is 0. The van der Waals surface area contributed by atoms with Gasteiger partial charge in [0, 0.05) is 49.7 Å². The zero-order chi connectivity index (χ0) is 30.0. The third kappa shape index (κ3) is 3.87. The van der Waals surface area contributed by atoms with E-state index in [0.717, 1.165) is 38.6 Å². The number of rotatable bonds is 3. The molecular formula is C33H20BrN3. The number of fused-ring (bicyclic) bond motifs is 4. The molecule has 0 fully saturated rings. The maximum Gasteiger partial charge on any atom is 0.0972 e. The first-order chi connectivity index (χ1) is 20.7. The zero-order valence-corrected chi connectivity index (χ0v) is 20.9. The molecule has 0 spiro atoms. The number of benzene rings is 4. The summed E-state index contributed by atoms with van der Waals surface area (Å²) in [5, 5.41) is 1.82. The van der Waals surface area contributed by atoms with E-state index in [1.807, 2.05) is 72.8 Å². The molecule has 0 N–H and O–H groups in total. The Morgan fingerprint density at radius 1 is 0.595 bits per heavy atom. The molecule has 7 aromatic rings. The molecule has 0 aliphatic rings. The second kappa shape index (κ2) is 8.91. The Morgan fingerprint density at radius 3 is 2.35 bits per heavy atom. The van der Waals surface area contributed by atoms with E-state index >= 15 is 0 Å². The van der Waals surface area contributed by atoms with Gasteiger partial charge < -0.3 is 0 Å². The Balaban J connectivity index is 1.47. The zero-order valence-electron chi connectivity index (χ0n) is 25.3. The molecule has 3 nitrogen and oxygen atoms in total. The number of hydrogen-bond acceptors (Lipinski definition) is 3. The molecule has 3 aromatic heterocycles. The van der Waals surface area contributed by atoms with Crippen LogP contribution in [0.1, 0.15) is 8.22 Å². The molecule has 0 aliphatic carbocycles. The molecule has 0 atom stereocenters. The minimum atomic E-state index is -0.423. The summed E-state index contributed by atoms with van der Waals surface area (Å²) in [6, 6.07) is 23.8. The van der Waals surface area contributed by atoms with Gasteiger partial charge >= 0.3 is 0 Å². The third-order valence-electron chi connectivity index (χ3n) is 6.40. The SMILES string of the molecule is [2H]c1nc2c(-c3cc(Br)ccc3-c3cnc4c(ccc5ccc(-c6ccccc6)nc54)c3)c([2H])c([2H])c([2H])c2c([2H])c1[2H]. The molecule has 7 rings (SSSR count). The van der Waals surface area contributed by atoms with E-state index < -0.39 is 12.2 Å². The van der Waals surface area contributed by atoms with Crippen LogP contribution in [0.2, 0.25) is 0 Å². The maximum absolute atomic E-state index is 8.84. The fourth-order valence-electron chi connectivity index (χ4n) is 4.64. The molecule has 174 valence electrons. The molecule has 0 radical (unpaired) electrons. The lowest BCUT2D eigenvalue weighted by molar-refractivity contribution is 1.37. The topological polar surface area (TPSA) is 38.7 Å². The van der Waals surface area contributed by atoms with Crippen molar-refractivity contribution in [3.05, 3.63) is 126 Å². The number of pyridine rings is 3. The first kappa shape index (κ1) is 16.4. The Labute approximate surface area is 231 Å². The standard InChI is InChI=1S/C33H20BrN3/c34-26-14-15-27(29(19-26)28-10-4-8-22-9-5-17-35-31(22)28)25-18-24-12-11-23-13-16-30(21-6-2-1-3-7-21)37-33(23)32(24)36-20-25/h1-20H/i4D,5D,8D,9D,10D,17D. The highest BCUT2D eigenvalue weighted by Crippen LogP contribution is 2.38. The molecule has 4 aromatic carbocycles. The molecule has 0 unspecified atom stereocenters. The minimum absolute atomic E-state index is 0.0219. The highest BCUT2D eigenvalue weighted by atomic mass is 79.9. The van der Waals surface area contributed by atoms with Gasteiger partial charge in [0.25, 0.3) is 0 Å². The van der Waals surface area contributed by atoms with Crippen molar-refractivity contribution in [3.63, 3.8) is 0 Å². The summed E-state index contributed by atoms with van der Waals surface area (Å²) < 4.78 is 51.2. The van der Waals surface area contributed by atoms with Crippen LogP contribution in [-0.2, 0) is 0 Å². The number of aromatic nitrogens is 3. The molecule has 0 saturated carbocycles. The van der Waals surface area contributed by atoms with Crippen molar-refractivity contribution in [1.29, 1.82) is 0 Å². The van der Waals surface area contributed by atoms with Gasteiger partial charge in [-0.1, -0.05) is 94.7 Å². The predicted molar refractivity (Wildman–Crippen MR) is 156 cm³/mol. The fourth-order valence-corrected chi connectivity index (χ4v) is 5.00. The third-order valence-corrected chi connectivity index (χ3v) is 6.89. The molecule has 4 heteroatoms. The monoisotopic (exact) mass is 543 g/mol. The van der Waals surface area contributed by atoms with Crippen LogP contribution in [-0.4, -0.2) is 15.0 Å². The highest BCUT2D eigenvalue weighted by Gasteiger charge is 2.14. The minimum Gasteiger partial charge on any atom is -0.256 e. The van der Waals surface area contributed by atoms with Crippen molar-refractivity contribution in [3.8, 4) is 33.5 Å². The molecule has 0 amide bonds. The van der Waals surface area contributed by atoms with E-state index in [0.29, 0.717) is 15.6 Å². The van der Waals surface area contributed by atoms with Crippen molar-refractivity contribution in [2.24, 2.45) is 0 Å². The molecule has 0 bridgehead atoms. The first-order valence-corrected chi connectivity index (χ1v) is 12.4. The van der Waals surface area contributed by atoms with Gasteiger partial charge in [-0.25, -0.2) is 4.98 Å². The number of para-hydroxylation sites is 1. The van der Waals surface area contributed by atoms with Crippen LogP contribution >= 0.6 is 15.9 Å². The molecule has 0 aliphatic heterocycles. The number of halogens is 1. The van der Waals surface area contributed by atoms with Crippen LogP contribution in [0.4, 0.5) is 0 Å². The summed E-state index contributed by atoms with van der Waals surface area (Å²) in [5.41, 5.74) is 5.69. The van der Waals surface area contributed by atoms with Gasteiger partial charge in [0.2, 0.25) is 0 Å². The average molecular weight is 544 g/mol. The lowest BCUT2D eigenvalue weighted by Gasteiger charge is -2.14. The number of hydrogen-bond donors (Lipinski definition) is 0. The summed E-state index contributed by atoms with van der Waals surface area (Å²) >= 11 is 3.53. The average Bonchev–Trinajstić information content (AvgIpc) is 3.02. The van der Waals surface area contributed by atoms with E-state index in [4.69, 9.17) is 18.2 Å². The first-order valence-electron chi connectivity index (χ1n) is 14.7. The van der Waals surface area contributed by atoms with E-state index in [1.165, 1.54) is 0 Å². The second-order valence-electron chi connectivity index (χ2n) is 8.63. The van der Waals surface area contributed by atoms with Crippen LogP contribution in [0, 0.1) is 0 Å². The van der Waals surface area contributed by atoms with Gasteiger partial charge in [0.15, 0.2) is 0 Å². The summed E-state index contributed by atoms with van der Waals surface area (Å²) in [4.78, 5) is 14.0. The molecule has 3 heterocycles. The van der Waals surface area contributed by atoms with Crippen molar-refractivity contribution in [2.75, 3.05) is 0 Å². The predicted octanol–water partition coefficient (Wildman–Crippen LogP) is 9.09. The fraction of sp³-hybridized carbons (Fsp3) is 0. The van der Waals surface area contributed by atoms with E-state index in [1.54, 1.807) is 12.3 Å². The molecule has 37 heavy (non-hydrogen) atoms. The second-order valence-corrected chi connectivity index (χ2v) is 9.55. The normalized spacial score (nSPS) is 13.6. The molecule has 0 saturated heterocycles. The quantitative estimate of drug-likeness (QED) is 0.208. The summed E-state index contributed by atoms with van der Waals surface area (Å²) in [7, 11) is 0. The van der Waals surface area contributed by atoms with Gasteiger partial charge in [-0.15, -0.1) is 0 Å². The highest BCUT2D eigenvalue weighted by molar-refractivity contribution is 9.10. The Bertz CT molecular complexity index is 2270. The van der Waals surface area contributed by atoms with Gasteiger partial charge in [-0.3, -0.25) is 9.97 Å². The lowest BCUT2D eigenvalue weighted by Crippen LogP contribution is -1.92. The number of nitrogens with zero attached hydrogens (tertiary/aromatic N) is 3. The van der Waals surface area contributed by atoms with Crippen LogP contribution in [0.3, 0.4) is 0 Å². The van der Waals surface area contributed by atoms with E-state index in [-0.39, 0.29) is 40.6 Å². The molecular weight excluding hydrogens is 518 g/mol. The van der Waals surface area contributed by atoms with Gasteiger partial charge in [-0.2, -0.15) is 0 Å². The summed E-state index contributed by atoms with van der Waals surface area (Å²) in [6.07, 6.45) is 1.33. The Hall–Kier alpha value is -4.41.